The Balaban J connectivity index is 1.07. The summed E-state index contributed by atoms with van der Waals surface area (Å²) < 4.78 is 0. The number of nitrogens with zero attached hydrogens (tertiary/aromatic N) is 3. The molecule has 3 nitrogen and oxygen atoms in total. The van der Waals surface area contributed by atoms with E-state index in [1.807, 2.05) is 66.4 Å². The second kappa shape index (κ2) is 13.7. The van der Waals surface area contributed by atoms with Crippen LogP contribution in [0.3, 0.4) is 0 Å². The van der Waals surface area contributed by atoms with Crippen LogP contribution in [0.2, 0.25) is 0 Å². The SMILES string of the molecule is N#Cc1cccc(-c2ccc3c(c2)C2(c4ccccc4Sc4ccccc42)c2cc(-c4ccc(-c5cc(-c6ccccc6)nc(-c6ccccc6)n5)cc4)ccc2-3)c1. The summed E-state index contributed by atoms with van der Waals surface area (Å²) >= 11 is 1.85. The van der Waals surface area contributed by atoms with Gasteiger partial charge >= 0.3 is 0 Å². The lowest BCUT2D eigenvalue weighted by molar-refractivity contribution is 0.723. The van der Waals surface area contributed by atoms with Crippen molar-refractivity contribution in [1.82, 2.24) is 9.97 Å². The Morgan fingerprint density at radius 1 is 0.379 bits per heavy atom. The molecule has 0 atom stereocenters. The first-order chi connectivity index (χ1) is 28.7. The van der Waals surface area contributed by atoms with Crippen LogP contribution in [0.1, 0.15) is 27.8 Å². The quantitative estimate of drug-likeness (QED) is 0.175. The lowest BCUT2D eigenvalue weighted by Crippen LogP contribution is -2.32. The Morgan fingerprint density at radius 2 is 0.845 bits per heavy atom. The first-order valence-electron chi connectivity index (χ1n) is 19.4. The minimum atomic E-state index is -0.537. The fourth-order valence-corrected chi connectivity index (χ4v) is 10.1. The molecule has 1 aliphatic heterocycles. The highest BCUT2D eigenvalue weighted by Gasteiger charge is 2.50. The van der Waals surface area contributed by atoms with Crippen molar-refractivity contribution in [2.75, 3.05) is 0 Å². The standard InChI is InChI=1S/C54H33N3S/c55-34-35-12-11-17-40(30-35)42-27-29-44-43-28-26-41(31-47(43)54(48(44)32-42)45-18-7-9-20-51(45)58-52-21-10-8-19-46(52)54)36-22-24-38(25-23-36)50-33-49(37-13-3-1-4-14-37)56-53(57-50)39-15-5-2-6-16-39/h1-33H. The van der Waals surface area contributed by atoms with Crippen molar-refractivity contribution in [2.45, 2.75) is 15.2 Å². The third-order valence-corrected chi connectivity index (χ3v) is 12.8. The number of nitriles is 1. The van der Waals surface area contributed by atoms with E-state index in [1.54, 1.807) is 0 Å². The smallest absolute Gasteiger partial charge is 0.160 e. The van der Waals surface area contributed by atoms with Gasteiger partial charge in [-0.2, -0.15) is 5.26 Å². The molecule has 2 aliphatic rings. The third kappa shape index (κ3) is 5.44. The van der Waals surface area contributed by atoms with Crippen molar-refractivity contribution < 1.29 is 0 Å². The maximum absolute atomic E-state index is 9.74. The van der Waals surface area contributed by atoms with E-state index >= 15 is 0 Å². The Kier molecular flexibility index (Phi) is 8.03. The monoisotopic (exact) mass is 755 g/mol. The topological polar surface area (TPSA) is 49.6 Å². The predicted molar refractivity (Wildman–Crippen MR) is 235 cm³/mol. The van der Waals surface area contributed by atoms with Crippen LogP contribution in [-0.4, -0.2) is 9.97 Å². The van der Waals surface area contributed by atoms with Crippen LogP contribution in [-0.2, 0) is 5.41 Å². The van der Waals surface area contributed by atoms with E-state index in [1.165, 1.54) is 43.2 Å². The van der Waals surface area contributed by atoms with Gasteiger partial charge in [-0.15, -0.1) is 0 Å². The van der Waals surface area contributed by atoms with Crippen LogP contribution >= 0.6 is 11.8 Å². The average molecular weight is 756 g/mol. The van der Waals surface area contributed by atoms with Crippen molar-refractivity contribution in [2.24, 2.45) is 0 Å². The minimum Gasteiger partial charge on any atom is -0.228 e. The summed E-state index contributed by atoms with van der Waals surface area (Å²) in [5.41, 5.74) is 17.0. The molecule has 11 rings (SSSR count). The molecule has 0 amide bonds. The Labute approximate surface area is 342 Å². The van der Waals surface area contributed by atoms with E-state index in [0.717, 1.165) is 50.3 Å². The van der Waals surface area contributed by atoms with Gasteiger partial charge < -0.3 is 0 Å². The molecule has 2 heterocycles. The van der Waals surface area contributed by atoms with Gasteiger partial charge in [0.05, 0.1) is 28.4 Å². The Hall–Kier alpha value is -7.32. The van der Waals surface area contributed by atoms with Gasteiger partial charge in [0.15, 0.2) is 5.82 Å². The molecule has 8 aromatic carbocycles. The van der Waals surface area contributed by atoms with Gasteiger partial charge in [0.1, 0.15) is 0 Å². The van der Waals surface area contributed by atoms with Crippen molar-refractivity contribution in [3.63, 3.8) is 0 Å². The first-order valence-corrected chi connectivity index (χ1v) is 20.3. The fraction of sp³-hybridized carbons (Fsp3) is 0.0185. The molecule has 270 valence electrons. The second-order valence-electron chi connectivity index (χ2n) is 14.8. The maximum Gasteiger partial charge on any atom is 0.160 e. The predicted octanol–water partition coefficient (Wildman–Crippen LogP) is 13.5. The summed E-state index contributed by atoms with van der Waals surface area (Å²) in [4.78, 5) is 12.6. The van der Waals surface area contributed by atoms with Crippen molar-refractivity contribution >= 4 is 11.8 Å². The van der Waals surface area contributed by atoms with Gasteiger partial charge in [0.2, 0.25) is 0 Å². The molecule has 58 heavy (non-hydrogen) atoms. The van der Waals surface area contributed by atoms with Crippen molar-refractivity contribution in [3.05, 3.63) is 228 Å². The summed E-state index contributed by atoms with van der Waals surface area (Å²) in [5, 5.41) is 9.74. The van der Waals surface area contributed by atoms with E-state index in [4.69, 9.17) is 9.97 Å². The lowest BCUT2D eigenvalue weighted by Gasteiger charge is -2.40. The van der Waals surface area contributed by atoms with Gasteiger partial charge in [-0.05, 0) is 98.1 Å². The summed E-state index contributed by atoms with van der Waals surface area (Å²) in [6, 6.07) is 73.3. The molecule has 4 heteroatoms. The van der Waals surface area contributed by atoms with Crippen molar-refractivity contribution in [3.8, 4) is 73.4 Å². The molecule has 0 N–H and O–H groups in total. The van der Waals surface area contributed by atoms with Gasteiger partial charge in [-0.1, -0.05) is 169 Å². The summed E-state index contributed by atoms with van der Waals surface area (Å²) in [5.74, 6) is 0.705. The number of fused-ring (bicyclic) bond motifs is 9. The first kappa shape index (κ1) is 34.0. The van der Waals surface area contributed by atoms with Crippen LogP contribution in [0, 0.1) is 11.3 Å². The number of hydrogen-bond donors (Lipinski definition) is 0. The van der Waals surface area contributed by atoms with Crippen LogP contribution in [0.4, 0.5) is 0 Å². The largest absolute Gasteiger partial charge is 0.228 e. The van der Waals surface area contributed by atoms with E-state index in [9.17, 15) is 5.26 Å². The highest BCUT2D eigenvalue weighted by atomic mass is 32.2. The Morgan fingerprint density at radius 3 is 1.45 bits per heavy atom. The van der Waals surface area contributed by atoms with E-state index in [0.29, 0.717) is 11.4 Å². The zero-order chi connectivity index (χ0) is 38.6. The molecule has 9 aromatic rings. The molecule has 1 aliphatic carbocycles. The second-order valence-corrected chi connectivity index (χ2v) is 15.9. The molecule has 0 radical (unpaired) electrons. The van der Waals surface area contributed by atoms with Gasteiger partial charge in [0.25, 0.3) is 0 Å². The maximum atomic E-state index is 9.74. The van der Waals surface area contributed by atoms with Gasteiger partial charge in [-0.3, -0.25) is 0 Å². The summed E-state index contributed by atoms with van der Waals surface area (Å²) in [7, 11) is 0. The lowest BCUT2D eigenvalue weighted by atomic mass is 9.67. The highest BCUT2D eigenvalue weighted by molar-refractivity contribution is 7.99. The molecule has 1 aromatic heterocycles. The highest BCUT2D eigenvalue weighted by Crippen LogP contribution is 2.63. The van der Waals surface area contributed by atoms with Crippen LogP contribution in [0.25, 0.3) is 67.3 Å². The normalized spacial score (nSPS) is 12.9. The minimum absolute atomic E-state index is 0.537. The molecule has 1 spiro atoms. The average Bonchev–Trinajstić information content (AvgIpc) is 3.58. The summed E-state index contributed by atoms with van der Waals surface area (Å²) in [6.07, 6.45) is 0. The third-order valence-electron chi connectivity index (χ3n) is 11.6. The van der Waals surface area contributed by atoms with Gasteiger partial charge in [-0.25, -0.2) is 9.97 Å². The van der Waals surface area contributed by atoms with E-state index in [2.05, 4.69) is 152 Å². The molecule has 0 bridgehead atoms. The zero-order valence-corrected chi connectivity index (χ0v) is 32.1. The van der Waals surface area contributed by atoms with Crippen LogP contribution in [0.5, 0.6) is 0 Å². The van der Waals surface area contributed by atoms with Crippen LogP contribution < -0.4 is 0 Å². The molecule has 0 saturated heterocycles. The number of rotatable bonds is 5. The molecule has 0 fully saturated rings. The number of benzene rings is 8. The number of hydrogen-bond acceptors (Lipinski definition) is 4. The van der Waals surface area contributed by atoms with Crippen LogP contribution in [0.15, 0.2) is 210 Å². The summed E-state index contributed by atoms with van der Waals surface area (Å²) in [6.45, 7) is 0. The zero-order valence-electron chi connectivity index (χ0n) is 31.3. The van der Waals surface area contributed by atoms with Gasteiger partial charge in [0, 0.05) is 26.5 Å². The molecular formula is C54H33N3S. The molecule has 0 saturated carbocycles. The molecule has 0 unspecified atom stereocenters. The van der Waals surface area contributed by atoms with E-state index < -0.39 is 5.41 Å². The molecular weight excluding hydrogens is 723 g/mol. The van der Waals surface area contributed by atoms with Crippen molar-refractivity contribution in [1.29, 1.82) is 5.26 Å². The fourth-order valence-electron chi connectivity index (χ4n) is 8.93. The Bertz CT molecular complexity index is 2990. The van der Waals surface area contributed by atoms with E-state index in [-0.39, 0.29) is 0 Å². The number of aromatic nitrogens is 2.